The van der Waals surface area contributed by atoms with Gasteiger partial charge in [0.25, 0.3) is 0 Å². The van der Waals surface area contributed by atoms with Crippen LogP contribution in [0.5, 0.6) is 5.75 Å². The lowest BCUT2D eigenvalue weighted by Gasteiger charge is -2.20. The van der Waals surface area contributed by atoms with Crippen molar-refractivity contribution in [3.63, 3.8) is 0 Å². The van der Waals surface area contributed by atoms with Gasteiger partial charge in [0.05, 0.1) is 11.8 Å². The van der Waals surface area contributed by atoms with Crippen LogP contribution in [0.4, 0.5) is 19.3 Å². The summed E-state index contributed by atoms with van der Waals surface area (Å²) in [7, 11) is 0. The van der Waals surface area contributed by atoms with Gasteiger partial charge in [-0.2, -0.15) is 0 Å². The van der Waals surface area contributed by atoms with E-state index in [1.54, 1.807) is 0 Å². The van der Waals surface area contributed by atoms with Crippen molar-refractivity contribution in [2.24, 2.45) is 0 Å². The maximum absolute atomic E-state index is 13.9. The molecule has 0 aliphatic carbocycles. The number of hydrogen-bond acceptors (Lipinski definition) is 3. The van der Waals surface area contributed by atoms with E-state index in [0.717, 1.165) is 17.4 Å². The monoisotopic (exact) mass is 389 g/mol. The highest BCUT2D eigenvalue weighted by molar-refractivity contribution is 5.74. The van der Waals surface area contributed by atoms with Crippen LogP contribution in [-0.2, 0) is 6.54 Å². The van der Waals surface area contributed by atoms with Crippen molar-refractivity contribution in [3.8, 4) is 5.75 Å². The summed E-state index contributed by atoms with van der Waals surface area (Å²) >= 11 is 0. The average Bonchev–Trinajstić information content (AvgIpc) is 3.08. The number of rotatable bonds is 6. The molecule has 1 unspecified atom stereocenters. The Bertz CT molecular complexity index is 829. The van der Waals surface area contributed by atoms with Crippen molar-refractivity contribution in [3.05, 3.63) is 59.7 Å². The summed E-state index contributed by atoms with van der Waals surface area (Å²) in [5, 5.41) is 5.75. The summed E-state index contributed by atoms with van der Waals surface area (Å²) in [6.45, 7) is 5.32. The van der Waals surface area contributed by atoms with E-state index in [4.69, 9.17) is 4.74 Å². The second kappa shape index (κ2) is 8.91. The molecule has 7 heteroatoms. The van der Waals surface area contributed by atoms with Gasteiger partial charge in [-0.05, 0) is 38.5 Å². The SMILES string of the molecule is CC(C)Oc1ccccc1CNC(=O)NC1CCN(c2ccc(F)cc2F)C1. The lowest BCUT2D eigenvalue weighted by atomic mass is 10.2. The molecule has 1 heterocycles. The zero-order chi connectivity index (χ0) is 20.1. The summed E-state index contributed by atoms with van der Waals surface area (Å²) in [4.78, 5) is 14.1. The van der Waals surface area contributed by atoms with Gasteiger partial charge in [0.15, 0.2) is 0 Å². The second-order valence-corrected chi connectivity index (χ2v) is 7.13. The van der Waals surface area contributed by atoms with Crippen LogP contribution in [-0.4, -0.2) is 31.3 Å². The summed E-state index contributed by atoms with van der Waals surface area (Å²) < 4.78 is 32.8. The number of anilines is 1. The minimum Gasteiger partial charge on any atom is -0.491 e. The molecule has 1 atom stereocenters. The molecule has 1 saturated heterocycles. The van der Waals surface area contributed by atoms with E-state index >= 15 is 0 Å². The smallest absolute Gasteiger partial charge is 0.315 e. The molecule has 2 N–H and O–H groups in total. The molecule has 0 radical (unpaired) electrons. The van der Waals surface area contributed by atoms with Crippen LogP contribution < -0.4 is 20.3 Å². The molecule has 1 fully saturated rings. The third-order valence-corrected chi connectivity index (χ3v) is 4.55. The molecule has 5 nitrogen and oxygen atoms in total. The predicted octanol–water partition coefficient (Wildman–Crippen LogP) is 3.83. The van der Waals surface area contributed by atoms with Crippen molar-refractivity contribution in [2.75, 3.05) is 18.0 Å². The lowest BCUT2D eigenvalue weighted by Crippen LogP contribution is -2.43. The Labute approximate surface area is 163 Å². The van der Waals surface area contributed by atoms with Gasteiger partial charge in [-0.25, -0.2) is 13.6 Å². The first-order valence-corrected chi connectivity index (χ1v) is 9.41. The summed E-state index contributed by atoms with van der Waals surface area (Å²) in [5.41, 5.74) is 1.25. The molecule has 3 rings (SSSR count). The van der Waals surface area contributed by atoms with Crippen molar-refractivity contribution >= 4 is 11.7 Å². The molecule has 0 bridgehead atoms. The van der Waals surface area contributed by atoms with Gasteiger partial charge in [0, 0.05) is 37.3 Å². The summed E-state index contributed by atoms with van der Waals surface area (Å²) in [6.07, 6.45) is 0.739. The number of nitrogens with one attached hydrogen (secondary N) is 2. The minimum atomic E-state index is -0.601. The van der Waals surface area contributed by atoms with Crippen molar-refractivity contribution in [1.82, 2.24) is 10.6 Å². The second-order valence-electron chi connectivity index (χ2n) is 7.13. The zero-order valence-corrected chi connectivity index (χ0v) is 16.0. The fraction of sp³-hybridized carbons (Fsp3) is 0.381. The Morgan fingerprint density at radius 1 is 1.25 bits per heavy atom. The van der Waals surface area contributed by atoms with E-state index in [0.29, 0.717) is 31.7 Å². The van der Waals surface area contributed by atoms with Gasteiger partial charge in [-0.1, -0.05) is 18.2 Å². The highest BCUT2D eigenvalue weighted by atomic mass is 19.1. The van der Waals surface area contributed by atoms with Crippen LogP contribution in [0.3, 0.4) is 0 Å². The molecule has 0 spiro atoms. The number of para-hydroxylation sites is 1. The molecule has 0 aromatic heterocycles. The topological polar surface area (TPSA) is 53.6 Å². The Hall–Kier alpha value is -2.83. The molecule has 2 aromatic carbocycles. The van der Waals surface area contributed by atoms with E-state index in [1.165, 1.54) is 12.1 Å². The van der Waals surface area contributed by atoms with Gasteiger partial charge in [-0.15, -0.1) is 0 Å². The number of ether oxygens (including phenoxy) is 1. The first-order valence-electron chi connectivity index (χ1n) is 9.41. The van der Waals surface area contributed by atoms with Crippen LogP contribution >= 0.6 is 0 Å². The Balaban J connectivity index is 1.51. The van der Waals surface area contributed by atoms with Crippen LogP contribution in [0.25, 0.3) is 0 Å². The molecule has 1 aliphatic rings. The van der Waals surface area contributed by atoms with Gasteiger partial charge in [0.2, 0.25) is 0 Å². The average molecular weight is 389 g/mol. The summed E-state index contributed by atoms with van der Waals surface area (Å²) in [6, 6.07) is 10.7. The van der Waals surface area contributed by atoms with Crippen LogP contribution in [0.1, 0.15) is 25.8 Å². The summed E-state index contributed by atoms with van der Waals surface area (Å²) in [5.74, 6) is -0.445. The molecule has 2 amide bonds. The van der Waals surface area contributed by atoms with Crippen molar-refractivity contribution in [1.29, 1.82) is 0 Å². The first kappa shape index (κ1) is 19.9. The molecule has 1 aliphatic heterocycles. The fourth-order valence-corrected chi connectivity index (χ4v) is 3.27. The van der Waals surface area contributed by atoms with E-state index in [-0.39, 0.29) is 18.2 Å². The fourth-order valence-electron chi connectivity index (χ4n) is 3.27. The number of amides is 2. The largest absolute Gasteiger partial charge is 0.491 e. The van der Waals surface area contributed by atoms with E-state index in [1.807, 2.05) is 43.0 Å². The number of nitrogens with zero attached hydrogens (tertiary/aromatic N) is 1. The molecular weight excluding hydrogens is 364 g/mol. The van der Waals surface area contributed by atoms with Crippen LogP contribution in [0.2, 0.25) is 0 Å². The number of halogens is 2. The Morgan fingerprint density at radius 3 is 2.79 bits per heavy atom. The first-order chi connectivity index (χ1) is 13.4. The highest BCUT2D eigenvalue weighted by Gasteiger charge is 2.25. The number of carbonyl (C=O) groups excluding carboxylic acids is 1. The number of carbonyl (C=O) groups is 1. The molecule has 150 valence electrons. The highest BCUT2D eigenvalue weighted by Crippen LogP contribution is 2.24. The minimum absolute atomic E-state index is 0.0475. The van der Waals surface area contributed by atoms with Crippen molar-refractivity contribution in [2.45, 2.75) is 39.0 Å². The lowest BCUT2D eigenvalue weighted by molar-refractivity contribution is 0.234. The van der Waals surface area contributed by atoms with Crippen molar-refractivity contribution < 1.29 is 18.3 Å². The normalized spacial score (nSPS) is 16.3. The maximum Gasteiger partial charge on any atom is 0.315 e. The van der Waals surface area contributed by atoms with E-state index < -0.39 is 11.6 Å². The Kier molecular flexibility index (Phi) is 6.34. The van der Waals surface area contributed by atoms with Gasteiger partial charge >= 0.3 is 6.03 Å². The third-order valence-electron chi connectivity index (χ3n) is 4.55. The third kappa shape index (κ3) is 5.12. The van der Waals surface area contributed by atoms with Gasteiger partial charge in [0.1, 0.15) is 17.4 Å². The van der Waals surface area contributed by atoms with E-state index in [9.17, 15) is 13.6 Å². The molecular formula is C21H25F2N3O2. The molecule has 28 heavy (non-hydrogen) atoms. The molecule has 0 saturated carbocycles. The van der Waals surface area contributed by atoms with Crippen LogP contribution in [0, 0.1) is 11.6 Å². The number of hydrogen-bond donors (Lipinski definition) is 2. The number of benzene rings is 2. The number of urea groups is 1. The Morgan fingerprint density at radius 2 is 2.04 bits per heavy atom. The van der Waals surface area contributed by atoms with Gasteiger partial charge < -0.3 is 20.3 Å². The quantitative estimate of drug-likeness (QED) is 0.790. The van der Waals surface area contributed by atoms with E-state index in [2.05, 4.69) is 10.6 Å². The van der Waals surface area contributed by atoms with Gasteiger partial charge in [-0.3, -0.25) is 0 Å². The standard InChI is InChI=1S/C21H25F2N3O2/c1-14(2)28-20-6-4-3-5-15(20)12-24-21(27)25-17-9-10-26(13-17)19-8-7-16(22)11-18(19)23/h3-8,11,14,17H,9-10,12-13H2,1-2H3,(H2,24,25,27). The predicted molar refractivity (Wildman–Crippen MR) is 105 cm³/mol. The van der Waals surface area contributed by atoms with Crippen LogP contribution in [0.15, 0.2) is 42.5 Å². The maximum atomic E-state index is 13.9. The zero-order valence-electron chi connectivity index (χ0n) is 16.0. The molecule has 2 aromatic rings.